The van der Waals surface area contributed by atoms with Gasteiger partial charge in [-0.1, -0.05) is 12.1 Å². The summed E-state index contributed by atoms with van der Waals surface area (Å²) in [6.45, 7) is 8.04. The zero-order chi connectivity index (χ0) is 16.2. The number of carbonyl (C=O) groups excluding carboxylic acids is 1. The average Bonchev–Trinajstić information content (AvgIpc) is 3.07. The van der Waals surface area contributed by atoms with Gasteiger partial charge in [0, 0.05) is 6.54 Å². The average molecular weight is 344 g/mol. The Hall–Kier alpha value is -1.22. The van der Waals surface area contributed by atoms with Crippen LogP contribution in [0, 0.1) is 0 Å². The predicted molar refractivity (Wildman–Crippen MR) is 86.4 cm³/mol. The van der Waals surface area contributed by atoms with Crippen LogP contribution in [0.25, 0.3) is 0 Å². The van der Waals surface area contributed by atoms with E-state index in [0.717, 1.165) is 4.90 Å². The minimum atomic E-state index is -3.38. The molecule has 0 aromatic carbocycles. The third-order valence-electron chi connectivity index (χ3n) is 3.88. The van der Waals surface area contributed by atoms with Gasteiger partial charge >= 0.3 is 0 Å². The molecule has 1 aromatic heterocycles. The van der Waals surface area contributed by atoms with Gasteiger partial charge in [-0.15, -0.1) is 17.9 Å². The van der Waals surface area contributed by atoms with Crippen molar-refractivity contribution in [3.05, 3.63) is 30.2 Å². The Balaban J connectivity index is 1.93. The molecular formula is C14H22N3O3S2+. The van der Waals surface area contributed by atoms with Crippen LogP contribution in [0.15, 0.2) is 34.4 Å². The molecule has 22 heavy (non-hydrogen) atoms. The molecule has 2 N–H and O–H groups in total. The highest BCUT2D eigenvalue weighted by Crippen LogP contribution is 2.20. The summed E-state index contributed by atoms with van der Waals surface area (Å²) in [7, 11) is -3.38. The maximum atomic E-state index is 12.4. The minimum absolute atomic E-state index is 0.0236. The van der Waals surface area contributed by atoms with Crippen LogP contribution in [0.3, 0.4) is 0 Å². The molecule has 0 radical (unpaired) electrons. The lowest BCUT2D eigenvalue weighted by Gasteiger charge is -2.33. The molecule has 0 bridgehead atoms. The number of hydrogen-bond donors (Lipinski definition) is 2. The summed E-state index contributed by atoms with van der Waals surface area (Å²) in [6.07, 6.45) is 1.64. The Labute approximate surface area is 135 Å². The number of hydrogen-bond acceptors (Lipinski definition) is 4. The molecule has 2 heterocycles. The lowest BCUT2D eigenvalue weighted by atomic mass is 10.2. The second-order valence-corrected chi connectivity index (χ2v) is 8.36. The van der Waals surface area contributed by atoms with E-state index in [0.29, 0.717) is 36.9 Å². The molecule has 1 atom stereocenters. The third-order valence-corrected chi connectivity index (χ3v) is 7.15. The van der Waals surface area contributed by atoms with Crippen LogP contribution < -0.4 is 10.2 Å². The lowest BCUT2D eigenvalue weighted by Crippen LogP contribution is -3.19. The second kappa shape index (κ2) is 7.36. The van der Waals surface area contributed by atoms with Crippen molar-refractivity contribution in [3.8, 4) is 0 Å². The zero-order valence-corrected chi connectivity index (χ0v) is 14.3. The molecule has 1 saturated heterocycles. The Morgan fingerprint density at radius 2 is 2.23 bits per heavy atom. The number of piperazine rings is 1. The summed E-state index contributed by atoms with van der Waals surface area (Å²) < 4.78 is 26.8. The van der Waals surface area contributed by atoms with Crippen LogP contribution in [0.2, 0.25) is 0 Å². The second-order valence-electron chi connectivity index (χ2n) is 5.25. The quantitative estimate of drug-likeness (QED) is 0.673. The number of rotatable bonds is 6. The van der Waals surface area contributed by atoms with E-state index >= 15 is 0 Å². The van der Waals surface area contributed by atoms with E-state index < -0.39 is 10.0 Å². The van der Waals surface area contributed by atoms with Crippen LogP contribution >= 0.6 is 11.3 Å². The maximum absolute atomic E-state index is 12.4. The van der Waals surface area contributed by atoms with Gasteiger partial charge in [0.1, 0.15) is 4.21 Å². The molecule has 0 saturated carbocycles. The monoisotopic (exact) mass is 344 g/mol. The highest BCUT2D eigenvalue weighted by molar-refractivity contribution is 7.91. The van der Waals surface area contributed by atoms with Crippen molar-refractivity contribution in [3.63, 3.8) is 0 Å². The Morgan fingerprint density at radius 1 is 1.55 bits per heavy atom. The van der Waals surface area contributed by atoms with Crippen LogP contribution in [0.5, 0.6) is 0 Å². The van der Waals surface area contributed by atoms with E-state index in [1.807, 2.05) is 6.92 Å². The number of amides is 1. The SMILES string of the molecule is C=CCNC(=O)[C@H](C)[NH+]1CCN(S(=O)(=O)c2cccs2)CC1. The fourth-order valence-electron chi connectivity index (χ4n) is 2.50. The predicted octanol–water partition coefficient (Wildman–Crippen LogP) is -0.672. The number of nitrogens with zero attached hydrogens (tertiary/aromatic N) is 1. The topological polar surface area (TPSA) is 70.9 Å². The number of sulfonamides is 1. The highest BCUT2D eigenvalue weighted by atomic mass is 32.2. The molecule has 2 rings (SSSR count). The van der Waals surface area contributed by atoms with Crippen LogP contribution in [0.1, 0.15) is 6.92 Å². The molecule has 1 aliphatic rings. The zero-order valence-electron chi connectivity index (χ0n) is 12.6. The van der Waals surface area contributed by atoms with Crippen molar-refractivity contribution in [2.24, 2.45) is 0 Å². The van der Waals surface area contributed by atoms with Crippen LogP contribution in [0.4, 0.5) is 0 Å². The van der Waals surface area contributed by atoms with Gasteiger partial charge in [0.15, 0.2) is 6.04 Å². The molecule has 8 heteroatoms. The fraction of sp³-hybridized carbons (Fsp3) is 0.500. The molecule has 6 nitrogen and oxygen atoms in total. The Kier molecular flexibility index (Phi) is 5.74. The van der Waals surface area contributed by atoms with Crippen molar-refractivity contribution in [1.82, 2.24) is 9.62 Å². The van der Waals surface area contributed by atoms with Crippen molar-refractivity contribution in [2.75, 3.05) is 32.7 Å². The fourth-order valence-corrected chi connectivity index (χ4v) is 5.08. The summed E-state index contributed by atoms with van der Waals surface area (Å²) in [5.74, 6) is -0.0236. The van der Waals surface area contributed by atoms with Gasteiger partial charge in [-0.25, -0.2) is 8.42 Å². The first-order chi connectivity index (χ1) is 10.5. The number of carbonyl (C=O) groups is 1. The maximum Gasteiger partial charge on any atom is 0.278 e. The minimum Gasteiger partial charge on any atom is -0.347 e. The first-order valence-electron chi connectivity index (χ1n) is 7.23. The molecule has 1 amide bonds. The third kappa shape index (κ3) is 3.75. The molecule has 122 valence electrons. The summed E-state index contributed by atoms with van der Waals surface area (Å²) >= 11 is 1.23. The smallest absolute Gasteiger partial charge is 0.278 e. The number of nitrogens with one attached hydrogen (secondary N) is 2. The molecule has 0 unspecified atom stereocenters. The lowest BCUT2D eigenvalue weighted by molar-refractivity contribution is -0.917. The normalized spacial score (nSPS) is 18.8. The van der Waals surface area contributed by atoms with E-state index in [1.54, 1.807) is 23.6 Å². The Morgan fingerprint density at radius 3 is 2.77 bits per heavy atom. The van der Waals surface area contributed by atoms with Gasteiger partial charge in [0.25, 0.3) is 15.9 Å². The van der Waals surface area contributed by atoms with Crippen molar-refractivity contribution in [2.45, 2.75) is 17.2 Å². The molecule has 1 aliphatic heterocycles. The van der Waals surface area contributed by atoms with Gasteiger partial charge in [-0.05, 0) is 18.4 Å². The standard InChI is InChI=1S/C14H21N3O3S2/c1-3-6-15-14(18)12(2)16-7-9-17(10-8-16)22(19,20)13-5-4-11-21-13/h3-5,11-12H,1,6-10H2,2H3,(H,15,18)/p+1/t12-/m0/s1. The summed E-state index contributed by atoms with van der Waals surface area (Å²) in [5.41, 5.74) is 0. The van der Waals surface area contributed by atoms with Gasteiger partial charge in [-0.3, -0.25) is 4.79 Å². The van der Waals surface area contributed by atoms with Gasteiger partial charge in [0.2, 0.25) is 0 Å². The van der Waals surface area contributed by atoms with Gasteiger partial charge in [-0.2, -0.15) is 4.31 Å². The molecule has 0 aliphatic carbocycles. The van der Waals surface area contributed by atoms with Crippen LogP contribution in [-0.4, -0.2) is 57.4 Å². The highest BCUT2D eigenvalue weighted by Gasteiger charge is 2.34. The van der Waals surface area contributed by atoms with Gasteiger partial charge in [0.05, 0.1) is 26.2 Å². The van der Waals surface area contributed by atoms with E-state index in [4.69, 9.17) is 0 Å². The molecule has 1 fully saturated rings. The summed E-state index contributed by atoms with van der Waals surface area (Å²) in [6, 6.07) is 3.18. The molecule has 0 spiro atoms. The van der Waals surface area contributed by atoms with Gasteiger partial charge < -0.3 is 10.2 Å². The van der Waals surface area contributed by atoms with Crippen molar-refractivity contribution >= 4 is 27.3 Å². The first kappa shape index (κ1) is 17.1. The van der Waals surface area contributed by atoms with Crippen LogP contribution in [-0.2, 0) is 14.8 Å². The van der Waals surface area contributed by atoms with E-state index in [-0.39, 0.29) is 11.9 Å². The van der Waals surface area contributed by atoms with Crippen molar-refractivity contribution < 1.29 is 18.1 Å². The summed E-state index contributed by atoms with van der Waals surface area (Å²) in [4.78, 5) is 13.1. The largest absolute Gasteiger partial charge is 0.347 e. The van der Waals surface area contributed by atoms with E-state index in [9.17, 15) is 13.2 Å². The molecular weight excluding hydrogens is 322 g/mol. The Bertz CT molecular complexity index is 605. The first-order valence-corrected chi connectivity index (χ1v) is 9.55. The summed E-state index contributed by atoms with van der Waals surface area (Å²) in [5, 5.41) is 4.55. The van der Waals surface area contributed by atoms with E-state index in [1.165, 1.54) is 15.6 Å². The van der Waals surface area contributed by atoms with Crippen molar-refractivity contribution in [1.29, 1.82) is 0 Å². The number of quaternary nitrogens is 1. The number of thiophene rings is 1. The molecule has 1 aromatic rings. The van der Waals surface area contributed by atoms with E-state index in [2.05, 4.69) is 11.9 Å².